The molecule has 4 rings (SSSR count). The van der Waals surface area contributed by atoms with E-state index in [2.05, 4.69) is 10.3 Å². The molecule has 2 aromatic heterocycles. The van der Waals surface area contributed by atoms with Crippen molar-refractivity contribution in [1.82, 2.24) is 20.1 Å². The molecular formula is C21H20N4O4S2. The second-order valence-electron chi connectivity index (χ2n) is 7.04. The molecule has 0 bridgehead atoms. The quantitative estimate of drug-likeness (QED) is 0.671. The molecule has 31 heavy (non-hydrogen) atoms. The number of thioether (sulfide) groups is 1. The van der Waals surface area contributed by atoms with Gasteiger partial charge in [0.15, 0.2) is 0 Å². The topological polar surface area (TPSA) is 99.7 Å². The number of imide groups is 1. The van der Waals surface area contributed by atoms with Crippen molar-refractivity contribution < 1.29 is 19.2 Å². The Morgan fingerprint density at radius 3 is 2.87 bits per heavy atom. The largest absolute Gasteiger partial charge is 0.353 e. The fourth-order valence-corrected chi connectivity index (χ4v) is 5.08. The van der Waals surface area contributed by atoms with E-state index in [9.17, 15) is 19.2 Å². The van der Waals surface area contributed by atoms with E-state index in [-0.39, 0.29) is 36.1 Å². The first-order valence-corrected chi connectivity index (χ1v) is 11.5. The van der Waals surface area contributed by atoms with Gasteiger partial charge in [0.1, 0.15) is 6.04 Å². The van der Waals surface area contributed by atoms with Gasteiger partial charge >= 0.3 is 0 Å². The maximum Gasteiger partial charge on any atom is 0.293 e. The molecular weight excluding hydrogens is 436 g/mol. The second kappa shape index (κ2) is 9.44. The molecule has 2 aromatic rings. The van der Waals surface area contributed by atoms with Gasteiger partial charge < -0.3 is 10.2 Å². The molecule has 0 aromatic carbocycles. The fourth-order valence-electron chi connectivity index (χ4n) is 3.54. The van der Waals surface area contributed by atoms with Crippen LogP contribution in [-0.2, 0) is 9.59 Å². The van der Waals surface area contributed by atoms with Crippen molar-refractivity contribution >= 4 is 52.1 Å². The summed E-state index contributed by atoms with van der Waals surface area (Å²) in [7, 11) is 0. The molecule has 2 fully saturated rings. The lowest BCUT2D eigenvalue weighted by Crippen LogP contribution is -2.47. The van der Waals surface area contributed by atoms with E-state index in [0.29, 0.717) is 22.7 Å². The molecule has 160 valence electrons. The minimum absolute atomic E-state index is 0.0758. The SMILES string of the molecule is O=C(NCCN1C(=O)S/C(=C\c2cccnc2)C1=O)C1CCCN1C(=O)c1cccs1. The fraction of sp³-hybridized carbons (Fsp3) is 0.286. The molecule has 0 aliphatic carbocycles. The molecule has 4 amide bonds. The number of amides is 4. The van der Waals surface area contributed by atoms with Crippen LogP contribution in [0, 0.1) is 0 Å². The Kier molecular flexibility index (Phi) is 6.47. The number of pyridine rings is 1. The molecule has 2 aliphatic rings. The standard InChI is InChI=1S/C21H20N4O4S2/c26-18(15-5-2-9-24(15)19(27)16-6-3-11-30-16)23-8-10-25-20(28)17(31-21(25)29)12-14-4-1-7-22-13-14/h1,3-4,6-7,11-13,15H,2,5,8-10H2,(H,23,26)/b17-12-. The summed E-state index contributed by atoms with van der Waals surface area (Å²) in [5, 5.41) is 4.23. The Hall–Kier alpha value is -2.98. The van der Waals surface area contributed by atoms with Gasteiger partial charge in [0.25, 0.3) is 17.1 Å². The minimum atomic E-state index is -0.532. The van der Waals surface area contributed by atoms with Gasteiger partial charge in [-0.3, -0.25) is 29.1 Å². The summed E-state index contributed by atoms with van der Waals surface area (Å²) in [4.78, 5) is 57.7. The third kappa shape index (κ3) is 4.70. The Morgan fingerprint density at radius 2 is 2.13 bits per heavy atom. The lowest BCUT2D eigenvalue weighted by Gasteiger charge is -2.23. The van der Waals surface area contributed by atoms with Crippen LogP contribution in [0.5, 0.6) is 0 Å². The summed E-state index contributed by atoms with van der Waals surface area (Å²) >= 11 is 2.22. The molecule has 1 atom stereocenters. The number of hydrogen-bond acceptors (Lipinski definition) is 7. The first-order valence-electron chi connectivity index (χ1n) is 9.82. The van der Waals surface area contributed by atoms with Gasteiger partial charge in [-0.2, -0.15) is 0 Å². The third-order valence-corrected chi connectivity index (χ3v) is 6.80. The van der Waals surface area contributed by atoms with Crippen molar-refractivity contribution in [3.63, 3.8) is 0 Å². The summed E-state index contributed by atoms with van der Waals surface area (Å²) < 4.78 is 0. The van der Waals surface area contributed by atoms with Crippen molar-refractivity contribution in [2.24, 2.45) is 0 Å². The minimum Gasteiger partial charge on any atom is -0.353 e. The number of nitrogens with one attached hydrogen (secondary N) is 1. The Labute approximate surface area is 187 Å². The van der Waals surface area contributed by atoms with Crippen molar-refractivity contribution in [3.8, 4) is 0 Å². The van der Waals surface area contributed by atoms with Crippen LogP contribution in [-0.4, -0.2) is 63.4 Å². The van der Waals surface area contributed by atoms with Gasteiger partial charge in [-0.1, -0.05) is 12.1 Å². The summed E-state index contributed by atoms with van der Waals surface area (Å²) in [5.41, 5.74) is 0.734. The van der Waals surface area contributed by atoms with E-state index in [0.717, 1.165) is 28.6 Å². The van der Waals surface area contributed by atoms with Gasteiger partial charge in [-0.05, 0) is 53.8 Å². The Balaban J connectivity index is 1.32. The number of rotatable bonds is 6. The van der Waals surface area contributed by atoms with E-state index in [1.54, 1.807) is 41.6 Å². The zero-order valence-corrected chi connectivity index (χ0v) is 18.2. The normalized spacial score (nSPS) is 20.0. The van der Waals surface area contributed by atoms with E-state index >= 15 is 0 Å². The van der Waals surface area contributed by atoms with Gasteiger partial charge in [0, 0.05) is 32.0 Å². The Bertz CT molecular complexity index is 1020. The zero-order chi connectivity index (χ0) is 21.8. The molecule has 1 N–H and O–H groups in total. The number of carbonyl (C=O) groups excluding carboxylic acids is 4. The van der Waals surface area contributed by atoms with Crippen molar-refractivity contribution in [2.75, 3.05) is 19.6 Å². The highest BCUT2D eigenvalue weighted by molar-refractivity contribution is 8.18. The number of hydrogen-bond donors (Lipinski definition) is 1. The van der Waals surface area contributed by atoms with E-state index in [1.165, 1.54) is 11.3 Å². The summed E-state index contributed by atoms with van der Waals surface area (Å²) in [5.74, 6) is -0.789. The maximum absolute atomic E-state index is 12.7. The smallest absolute Gasteiger partial charge is 0.293 e. The van der Waals surface area contributed by atoms with E-state index < -0.39 is 6.04 Å². The van der Waals surface area contributed by atoms with Gasteiger partial charge in [0.2, 0.25) is 5.91 Å². The number of aromatic nitrogens is 1. The van der Waals surface area contributed by atoms with Crippen LogP contribution in [0.15, 0.2) is 46.9 Å². The van der Waals surface area contributed by atoms with Gasteiger partial charge in [0.05, 0.1) is 9.78 Å². The summed E-state index contributed by atoms with van der Waals surface area (Å²) in [6.45, 7) is 0.748. The van der Waals surface area contributed by atoms with E-state index in [1.807, 2.05) is 11.4 Å². The molecule has 1 unspecified atom stereocenters. The molecule has 8 nitrogen and oxygen atoms in total. The van der Waals surface area contributed by atoms with Crippen LogP contribution in [0.3, 0.4) is 0 Å². The molecule has 2 aliphatic heterocycles. The van der Waals surface area contributed by atoms with Crippen LogP contribution in [0.1, 0.15) is 28.1 Å². The second-order valence-corrected chi connectivity index (χ2v) is 8.99. The number of thiophene rings is 1. The highest BCUT2D eigenvalue weighted by Crippen LogP contribution is 2.31. The number of carbonyl (C=O) groups is 4. The van der Waals surface area contributed by atoms with Crippen LogP contribution >= 0.6 is 23.1 Å². The van der Waals surface area contributed by atoms with Crippen molar-refractivity contribution in [3.05, 3.63) is 57.4 Å². The van der Waals surface area contributed by atoms with Crippen molar-refractivity contribution in [2.45, 2.75) is 18.9 Å². The van der Waals surface area contributed by atoms with Crippen LogP contribution in [0.25, 0.3) is 6.08 Å². The van der Waals surface area contributed by atoms with Crippen LogP contribution < -0.4 is 5.32 Å². The zero-order valence-electron chi connectivity index (χ0n) is 16.5. The number of likely N-dealkylation sites (tertiary alicyclic amines) is 1. The van der Waals surface area contributed by atoms with Gasteiger partial charge in [-0.25, -0.2) is 0 Å². The van der Waals surface area contributed by atoms with Crippen molar-refractivity contribution in [1.29, 1.82) is 0 Å². The molecule has 0 spiro atoms. The van der Waals surface area contributed by atoms with E-state index in [4.69, 9.17) is 0 Å². The molecule has 0 saturated carbocycles. The van der Waals surface area contributed by atoms with Gasteiger partial charge in [-0.15, -0.1) is 11.3 Å². The van der Waals surface area contributed by atoms with Crippen LogP contribution in [0.2, 0.25) is 0 Å². The first kappa shape index (κ1) is 21.3. The highest BCUT2D eigenvalue weighted by Gasteiger charge is 2.36. The maximum atomic E-state index is 12.7. The highest BCUT2D eigenvalue weighted by atomic mass is 32.2. The molecule has 10 heteroatoms. The average Bonchev–Trinajstić information content (AvgIpc) is 3.52. The molecule has 2 saturated heterocycles. The predicted octanol–water partition coefficient (Wildman–Crippen LogP) is 2.60. The predicted molar refractivity (Wildman–Crippen MR) is 118 cm³/mol. The lowest BCUT2D eigenvalue weighted by molar-refractivity contribution is -0.126. The third-order valence-electron chi connectivity index (χ3n) is 5.04. The monoisotopic (exact) mass is 456 g/mol. The number of nitrogens with zero attached hydrogens (tertiary/aromatic N) is 3. The summed E-state index contributed by atoms with van der Waals surface area (Å²) in [6.07, 6.45) is 6.23. The molecule has 4 heterocycles. The summed E-state index contributed by atoms with van der Waals surface area (Å²) in [6, 6.07) is 6.57. The first-order chi connectivity index (χ1) is 15.0. The Morgan fingerprint density at radius 1 is 1.26 bits per heavy atom. The average molecular weight is 457 g/mol. The van der Waals surface area contributed by atoms with Crippen LogP contribution in [0.4, 0.5) is 4.79 Å². The lowest BCUT2D eigenvalue weighted by atomic mass is 10.2. The molecule has 0 radical (unpaired) electrons.